The molecule has 0 aliphatic heterocycles. The first-order chi connectivity index (χ1) is 9.44. The lowest BCUT2D eigenvalue weighted by atomic mass is 9.82. The molecule has 1 heterocycles. The molecule has 0 atom stereocenters. The molecule has 1 saturated carbocycles. The minimum Gasteiger partial charge on any atom is -0.481 e. The molecule has 1 aromatic heterocycles. The van der Waals surface area contributed by atoms with Gasteiger partial charge >= 0.3 is 5.97 Å². The van der Waals surface area contributed by atoms with Crippen LogP contribution in [0.2, 0.25) is 0 Å². The van der Waals surface area contributed by atoms with Crippen molar-refractivity contribution in [1.82, 2.24) is 4.90 Å². The van der Waals surface area contributed by atoms with Crippen LogP contribution in [0.1, 0.15) is 43.4 Å². The molecule has 2 rings (SSSR count). The average molecular weight is 279 g/mol. The standard InChI is InChI=1S/C15H21NO4/c1-11-12(5-8-20-11)10-16(2)13(17)9-15(14(18)19)6-3-4-7-15/h5,8H,3-4,6-7,9-10H2,1-2H3,(H,18,19). The predicted molar refractivity (Wildman–Crippen MR) is 73.1 cm³/mol. The van der Waals surface area contributed by atoms with Crippen molar-refractivity contribution in [3.8, 4) is 0 Å². The summed E-state index contributed by atoms with van der Waals surface area (Å²) < 4.78 is 5.20. The van der Waals surface area contributed by atoms with Gasteiger partial charge in [-0.2, -0.15) is 0 Å². The smallest absolute Gasteiger partial charge is 0.310 e. The summed E-state index contributed by atoms with van der Waals surface area (Å²) in [6.07, 6.45) is 4.68. The molecule has 5 heteroatoms. The van der Waals surface area contributed by atoms with Crippen LogP contribution in [0.15, 0.2) is 16.7 Å². The van der Waals surface area contributed by atoms with E-state index in [0.717, 1.165) is 24.2 Å². The summed E-state index contributed by atoms with van der Waals surface area (Å²) >= 11 is 0. The van der Waals surface area contributed by atoms with E-state index in [1.165, 1.54) is 0 Å². The number of aryl methyl sites for hydroxylation is 1. The molecule has 20 heavy (non-hydrogen) atoms. The Labute approximate surface area is 118 Å². The van der Waals surface area contributed by atoms with Gasteiger partial charge in [0.2, 0.25) is 5.91 Å². The first-order valence-corrected chi connectivity index (χ1v) is 6.95. The number of aliphatic carboxylic acids is 1. The first-order valence-electron chi connectivity index (χ1n) is 6.95. The van der Waals surface area contributed by atoms with E-state index in [2.05, 4.69) is 0 Å². The molecule has 1 N–H and O–H groups in total. The van der Waals surface area contributed by atoms with Crippen LogP contribution in [0.25, 0.3) is 0 Å². The van der Waals surface area contributed by atoms with E-state index >= 15 is 0 Å². The number of amides is 1. The summed E-state index contributed by atoms with van der Waals surface area (Å²) in [5, 5.41) is 9.41. The lowest BCUT2D eigenvalue weighted by Crippen LogP contribution is -2.36. The lowest BCUT2D eigenvalue weighted by molar-refractivity contribution is -0.153. The fraction of sp³-hybridized carbons (Fsp3) is 0.600. The van der Waals surface area contributed by atoms with Crippen molar-refractivity contribution in [2.24, 2.45) is 5.41 Å². The van der Waals surface area contributed by atoms with E-state index in [1.807, 2.05) is 13.0 Å². The summed E-state index contributed by atoms with van der Waals surface area (Å²) in [5.74, 6) is -0.162. The van der Waals surface area contributed by atoms with Crippen molar-refractivity contribution in [2.45, 2.75) is 45.6 Å². The van der Waals surface area contributed by atoms with E-state index in [0.29, 0.717) is 19.4 Å². The summed E-state index contributed by atoms with van der Waals surface area (Å²) in [6.45, 7) is 2.31. The summed E-state index contributed by atoms with van der Waals surface area (Å²) in [7, 11) is 1.71. The number of carbonyl (C=O) groups is 2. The van der Waals surface area contributed by atoms with Crippen molar-refractivity contribution in [3.05, 3.63) is 23.7 Å². The van der Waals surface area contributed by atoms with Crippen LogP contribution in [0.5, 0.6) is 0 Å². The summed E-state index contributed by atoms with van der Waals surface area (Å²) in [6, 6.07) is 1.83. The van der Waals surface area contributed by atoms with Crippen LogP contribution in [0.4, 0.5) is 0 Å². The average Bonchev–Trinajstić information content (AvgIpc) is 3.00. The number of carbonyl (C=O) groups excluding carboxylic acids is 1. The Morgan fingerprint density at radius 2 is 2.05 bits per heavy atom. The van der Waals surface area contributed by atoms with Crippen molar-refractivity contribution < 1.29 is 19.1 Å². The second kappa shape index (κ2) is 5.69. The van der Waals surface area contributed by atoms with Gasteiger partial charge in [0, 0.05) is 25.6 Å². The van der Waals surface area contributed by atoms with Gasteiger partial charge in [-0.1, -0.05) is 12.8 Å². The quantitative estimate of drug-likeness (QED) is 0.899. The van der Waals surface area contributed by atoms with Gasteiger partial charge < -0.3 is 14.4 Å². The molecule has 1 fully saturated rings. The number of rotatable bonds is 5. The Kier molecular flexibility index (Phi) is 4.16. The molecular weight excluding hydrogens is 258 g/mol. The maximum atomic E-state index is 12.3. The fourth-order valence-electron chi connectivity index (χ4n) is 2.86. The van der Waals surface area contributed by atoms with Crippen LogP contribution in [0, 0.1) is 12.3 Å². The van der Waals surface area contributed by atoms with E-state index in [4.69, 9.17) is 4.42 Å². The SMILES string of the molecule is Cc1occc1CN(C)C(=O)CC1(C(=O)O)CCCC1. The lowest BCUT2D eigenvalue weighted by Gasteiger charge is -2.26. The zero-order chi connectivity index (χ0) is 14.8. The fourth-order valence-corrected chi connectivity index (χ4v) is 2.86. The van der Waals surface area contributed by atoms with Crippen LogP contribution in [-0.4, -0.2) is 28.9 Å². The Balaban J connectivity index is 2.00. The molecule has 0 radical (unpaired) electrons. The van der Waals surface area contributed by atoms with Crippen molar-refractivity contribution in [3.63, 3.8) is 0 Å². The third-order valence-electron chi connectivity index (χ3n) is 4.30. The molecule has 0 unspecified atom stereocenters. The van der Waals surface area contributed by atoms with E-state index in [9.17, 15) is 14.7 Å². The molecule has 1 amide bonds. The molecule has 0 spiro atoms. The maximum absolute atomic E-state index is 12.3. The second-order valence-corrected chi connectivity index (χ2v) is 5.72. The Bertz CT molecular complexity index is 500. The number of furan rings is 1. The molecule has 0 saturated heterocycles. The third kappa shape index (κ3) is 2.86. The first kappa shape index (κ1) is 14.6. The minimum absolute atomic E-state index is 0.0930. The topological polar surface area (TPSA) is 70.8 Å². The molecule has 1 aromatic rings. The largest absolute Gasteiger partial charge is 0.481 e. The second-order valence-electron chi connectivity index (χ2n) is 5.72. The minimum atomic E-state index is -0.850. The Morgan fingerprint density at radius 1 is 1.40 bits per heavy atom. The zero-order valence-electron chi connectivity index (χ0n) is 12.0. The zero-order valence-corrected chi connectivity index (χ0v) is 12.0. The number of nitrogens with zero attached hydrogens (tertiary/aromatic N) is 1. The van der Waals surface area contributed by atoms with Crippen LogP contribution >= 0.6 is 0 Å². The molecule has 1 aliphatic carbocycles. The maximum Gasteiger partial charge on any atom is 0.310 e. The van der Waals surface area contributed by atoms with Crippen LogP contribution < -0.4 is 0 Å². The molecule has 110 valence electrons. The van der Waals surface area contributed by atoms with E-state index in [-0.39, 0.29) is 12.3 Å². The number of hydrogen-bond acceptors (Lipinski definition) is 3. The highest BCUT2D eigenvalue weighted by atomic mass is 16.4. The van der Waals surface area contributed by atoms with Crippen molar-refractivity contribution in [1.29, 1.82) is 0 Å². The van der Waals surface area contributed by atoms with Gasteiger partial charge in [0.15, 0.2) is 0 Å². The molecule has 0 aromatic carbocycles. The predicted octanol–water partition coefficient (Wildman–Crippen LogP) is 2.58. The monoisotopic (exact) mass is 279 g/mol. The molecule has 5 nitrogen and oxygen atoms in total. The molecular formula is C15H21NO4. The van der Waals surface area contributed by atoms with Gasteiger partial charge in [-0.3, -0.25) is 9.59 Å². The van der Waals surface area contributed by atoms with Gasteiger partial charge in [-0.25, -0.2) is 0 Å². The summed E-state index contributed by atoms with van der Waals surface area (Å²) in [4.78, 5) is 25.3. The van der Waals surface area contributed by atoms with Crippen LogP contribution in [0.3, 0.4) is 0 Å². The third-order valence-corrected chi connectivity index (χ3v) is 4.30. The van der Waals surface area contributed by atoms with E-state index in [1.54, 1.807) is 18.2 Å². The van der Waals surface area contributed by atoms with Gasteiger partial charge in [-0.05, 0) is 25.8 Å². The highest BCUT2D eigenvalue weighted by Crippen LogP contribution is 2.41. The molecule has 0 bridgehead atoms. The van der Waals surface area contributed by atoms with Crippen LogP contribution in [-0.2, 0) is 16.1 Å². The highest BCUT2D eigenvalue weighted by Gasteiger charge is 2.43. The number of carboxylic acid groups (broad SMARTS) is 1. The normalized spacial score (nSPS) is 17.1. The highest BCUT2D eigenvalue weighted by molar-refractivity contribution is 5.85. The van der Waals surface area contributed by atoms with Gasteiger partial charge in [0.25, 0.3) is 0 Å². The van der Waals surface area contributed by atoms with Gasteiger partial charge in [0.1, 0.15) is 5.76 Å². The van der Waals surface area contributed by atoms with Crippen molar-refractivity contribution >= 4 is 11.9 Å². The van der Waals surface area contributed by atoms with Gasteiger partial charge in [0.05, 0.1) is 11.7 Å². The van der Waals surface area contributed by atoms with Gasteiger partial charge in [-0.15, -0.1) is 0 Å². The number of carboxylic acids is 1. The van der Waals surface area contributed by atoms with E-state index < -0.39 is 11.4 Å². The molecule has 1 aliphatic rings. The Hall–Kier alpha value is -1.78. The number of hydrogen-bond donors (Lipinski definition) is 1. The Morgan fingerprint density at radius 3 is 2.55 bits per heavy atom. The summed E-state index contributed by atoms with van der Waals surface area (Å²) in [5.41, 5.74) is 0.105. The van der Waals surface area contributed by atoms with Crippen molar-refractivity contribution in [2.75, 3.05) is 7.05 Å².